The van der Waals surface area contributed by atoms with Gasteiger partial charge in [0.05, 0.1) is 11.6 Å². The van der Waals surface area contributed by atoms with Crippen LogP contribution < -0.4 is 5.32 Å². The van der Waals surface area contributed by atoms with Crippen LogP contribution in [0.4, 0.5) is 0 Å². The van der Waals surface area contributed by atoms with Crippen molar-refractivity contribution in [3.63, 3.8) is 0 Å². The molecule has 1 aromatic rings. The first kappa shape index (κ1) is 13.1. The van der Waals surface area contributed by atoms with E-state index in [-0.39, 0.29) is 11.6 Å². The van der Waals surface area contributed by atoms with Crippen LogP contribution in [0.15, 0.2) is 18.5 Å². The molecule has 0 saturated heterocycles. The van der Waals surface area contributed by atoms with Crippen LogP contribution in [-0.4, -0.2) is 29.7 Å². The molecule has 0 saturated carbocycles. The van der Waals surface area contributed by atoms with Gasteiger partial charge in [-0.1, -0.05) is 0 Å². The van der Waals surface area contributed by atoms with Crippen LogP contribution >= 0.6 is 0 Å². The summed E-state index contributed by atoms with van der Waals surface area (Å²) in [6.45, 7) is 4.18. The molecule has 4 heteroatoms. The highest BCUT2D eigenvalue weighted by Crippen LogP contribution is 2.21. The molecule has 1 aromatic heterocycles. The molecule has 1 heterocycles. The van der Waals surface area contributed by atoms with Crippen molar-refractivity contribution in [1.82, 2.24) is 15.3 Å². The Kier molecular flexibility index (Phi) is 4.83. The van der Waals surface area contributed by atoms with Gasteiger partial charge in [0, 0.05) is 19.5 Å². The van der Waals surface area contributed by atoms with Gasteiger partial charge in [-0.2, -0.15) is 0 Å². The molecule has 0 amide bonds. The van der Waals surface area contributed by atoms with Gasteiger partial charge >= 0.3 is 0 Å². The van der Waals surface area contributed by atoms with Crippen LogP contribution in [0.1, 0.15) is 38.6 Å². The zero-order valence-corrected chi connectivity index (χ0v) is 10.5. The van der Waals surface area contributed by atoms with Crippen LogP contribution in [0.3, 0.4) is 0 Å². The van der Waals surface area contributed by atoms with Crippen molar-refractivity contribution in [2.75, 3.05) is 14.2 Å². The van der Waals surface area contributed by atoms with E-state index in [9.17, 15) is 0 Å². The van der Waals surface area contributed by atoms with Crippen LogP contribution in [0.2, 0.25) is 0 Å². The molecule has 0 aliphatic rings. The summed E-state index contributed by atoms with van der Waals surface area (Å²) in [5.41, 5.74) is -0.0934. The van der Waals surface area contributed by atoms with E-state index >= 15 is 0 Å². The number of nitrogens with one attached hydrogen (secondary N) is 1. The molecule has 1 unspecified atom stereocenters. The summed E-state index contributed by atoms with van der Waals surface area (Å²) in [5, 5.41) is 3.23. The van der Waals surface area contributed by atoms with E-state index in [0.29, 0.717) is 0 Å². The quantitative estimate of drug-likeness (QED) is 0.800. The van der Waals surface area contributed by atoms with Crippen LogP contribution in [0.5, 0.6) is 0 Å². The molecule has 0 radical (unpaired) electrons. The first-order valence-electron chi connectivity index (χ1n) is 5.58. The predicted molar refractivity (Wildman–Crippen MR) is 64.2 cm³/mol. The second-order valence-corrected chi connectivity index (χ2v) is 4.45. The summed E-state index contributed by atoms with van der Waals surface area (Å²) in [6, 6.07) is 2.02. The Morgan fingerprint density at radius 2 is 2.00 bits per heavy atom. The van der Waals surface area contributed by atoms with E-state index in [1.807, 2.05) is 13.1 Å². The molecule has 0 aromatic carbocycles. The molecule has 1 atom stereocenters. The number of hydrogen-bond acceptors (Lipinski definition) is 4. The fraction of sp³-hybridized carbons (Fsp3) is 0.667. The Labute approximate surface area is 97.5 Å². The third-order valence-electron chi connectivity index (χ3n) is 2.83. The number of aromatic nitrogens is 2. The van der Waals surface area contributed by atoms with Crippen LogP contribution in [0, 0.1) is 0 Å². The van der Waals surface area contributed by atoms with Gasteiger partial charge in [0.25, 0.3) is 0 Å². The number of ether oxygens (including phenoxy) is 1. The van der Waals surface area contributed by atoms with Gasteiger partial charge in [0.2, 0.25) is 0 Å². The minimum atomic E-state index is -0.0934. The summed E-state index contributed by atoms with van der Waals surface area (Å²) in [7, 11) is 3.67. The molecular formula is C12H21N3O. The second kappa shape index (κ2) is 5.92. The van der Waals surface area contributed by atoms with Crippen molar-refractivity contribution in [3.8, 4) is 0 Å². The van der Waals surface area contributed by atoms with Gasteiger partial charge in [-0.25, -0.2) is 9.97 Å². The summed E-state index contributed by atoms with van der Waals surface area (Å²) in [5.74, 6) is 0.844. The molecule has 0 fully saturated rings. The molecule has 90 valence electrons. The van der Waals surface area contributed by atoms with E-state index in [2.05, 4.69) is 29.1 Å². The summed E-state index contributed by atoms with van der Waals surface area (Å²) in [6.07, 6.45) is 5.47. The highest BCUT2D eigenvalue weighted by Gasteiger charge is 2.20. The van der Waals surface area contributed by atoms with Crippen molar-refractivity contribution in [2.45, 2.75) is 38.3 Å². The summed E-state index contributed by atoms with van der Waals surface area (Å²) in [4.78, 5) is 8.52. The number of hydrogen-bond donors (Lipinski definition) is 1. The number of nitrogens with zero attached hydrogens (tertiary/aromatic N) is 2. The van der Waals surface area contributed by atoms with Gasteiger partial charge in [-0.05, 0) is 39.8 Å². The largest absolute Gasteiger partial charge is 0.379 e. The molecule has 4 nitrogen and oxygen atoms in total. The minimum absolute atomic E-state index is 0.0934. The molecular weight excluding hydrogens is 202 g/mol. The zero-order valence-electron chi connectivity index (χ0n) is 10.5. The fourth-order valence-corrected chi connectivity index (χ4v) is 1.49. The fourth-order valence-electron chi connectivity index (χ4n) is 1.49. The second-order valence-electron chi connectivity index (χ2n) is 4.45. The highest BCUT2D eigenvalue weighted by atomic mass is 16.5. The van der Waals surface area contributed by atoms with E-state index in [0.717, 1.165) is 18.7 Å². The Morgan fingerprint density at radius 3 is 2.50 bits per heavy atom. The monoisotopic (exact) mass is 223 g/mol. The first-order chi connectivity index (χ1) is 7.59. The topological polar surface area (TPSA) is 47.0 Å². The maximum Gasteiger partial charge on any atom is 0.145 e. The van der Waals surface area contributed by atoms with Crippen molar-refractivity contribution in [3.05, 3.63) is 24.3 Å². The average molecular weight is 223 g/mol. The normalized spacial score (nSPS) is 13.8. The van der Waals surface area contributed by atoms with Gasteiger partial charge in [0.1, 0.15) is 5.82 Å². The molecule has 0 spiro atoms. The zero-order chi connectivity index (χ0) is 12.0. The van der Waals surface area contributed by atoms with Gasteiger partial charge in [-0.15, -0.1) is 0 Å². The van der Waals surface area contributed by atoms with E-state index in [1.54, 1.807) is 19.5 Å². The summed E-state index contributed by atoms with van der Waals surface area (Å²) >= 11 is 0. The van der Waals surface area contributed by atoms with Crippen molar-refractivity contribution in [1.29, 1.82) is 0 Å². The standard InChI is InChI=1S/C12H21N3O/c1-12(2,16-4)7-6-10(13-3)11-14-8-5-9-15-11/h5,8-10,13H,6-7H2,1-4H3. The lowest BCUT2D eigenvalue weighted by atomic mass is 9.98. The Hall–Kier alpha value is -1.00. The minimum Gasteiger partial charge on any atom is -0.379 e. The molecule has 1 rings (SSSR count). The molecule has 0 bridgehead atoms. The first-order valence-corrected chi connectivity index (χ1v) is 5.58. The van der Waals surface area contributed by atoms with E-state index in [4.69, 9.17) is 4.74 Å². The lowest BCUT2D eigenvalue weighted by molar-refractivity contribution is 0.0116. The van der Waals surface area contributed by atoms with Crippen molar-refractivity contribution in [2.24, 2.45) is 0 Å². The van der Waals surface area contributed by atoms with Gasteiger partial charge in [0.15, 0.2) is 0 Å². The predicted octanol–water partition coefficient (Wildman–Crippen LogP) is 1.94. The van der Waals surface area contributed by atoms with Crippen molar-refractivity contribution < 1.29 is 4.74 Å². The molecule has 16 heavy (non-hydrogen) atoms. The Balaban J connectivity index is 2.57. The SMILES string of the molecule is CNC(CCC(C)(C)OC)c1ncccn1. The smallest absolute Gasteiger partial charge is 0.145 e. The molecule has 0 aliphatic heterocycles. The van der Waals surface area contributed by atoms with E-state index in [1.165, 1.54) is 0 Å². The van der Waals surface area contributed by atoms with Gasteiger partial charge < -0.3 is 10.1 Å². The number of rotatable bonds is 6. The van der Waals surface area contributed by atoms with Gasteiger partial charge in [-0.3, -0.25) is 0 Å². The van der Waals surface area contributed by atoms with Crippen LogP contribution in [0.25, 0.3) is 0 Å². The Bertz CT molecular complexity index is 300. The summed E-state index contributed by atoms with van der Waals surface area (Å²) < 4.78 is 5.40. The third kappa shape index (κ3) is 3.87. The van der Waals surface area contributed by atoms with Crippen molar-refractivity contribution >= 4 is 0 Å². The molecule has 1 N–H and O–H groups in total. The number of methoxy groups -OCH3 is 1. The van der Waals surface area contributed by atoms with Crippen LogP contribution in [-0.2, 0) is 4.74 Å². The third-order valence-corrected chi connectivity index (χ3v) is 2.83. The highest BCUT2D eigenvalue weighted by molar-refractivity contribution is 4.96. The molecule has 0 aliphatic carbocycles. The maximum atomic E-state index is 5.40. The lowest BCUT2D eigenvalue weighted by Crippen LogP contribution is -2.26. The Morgan fingerprint density at radius 1 is 1.38 bits per heavy atom. The average Bonchev–Trinajstić information content (AvgIpc) is 2.31. The van der Waals surface area contributed by atoms with E-state index < -0.39 is 0 Å². The lowest BCUT2D eigenvalue weighted by Gasteiger charge is -2.25. The maximum absolute atomic E-state index is 5.40.